The molecule has 1 fully saturated rings. The van der Waals surface area contributed by atoms with Gasteiger partial charge in [-0.25, -0.2) is 0 Å². The third-order valence-corrected chi connectivity index (χ3v) is 3.84. The van der Waals surface area contributed by atoms with Gasteiger partial charge in [0.2, 0.25) is 0 Å². The van der Waals surface area contributed by atoms with Gasteiger partial charge >= 0.3 is 50.9 Å². The van der Waals surface area contributed by atoms with Gasteiger partial charge in [0.25, 0.3) is 0 Å². The topological polar surface area (TPSA) is 9.23 Å². The monoisotopic (exact) mass is 162 g/mol. The van der Waals surface area contributed by atoms with Gasteiger partial charge in [-0.3, -0.25) is 0 Å². The molecule has 1 unspecified atom stereocenters. The molecule has 0 N–H and O–H groups in total. The van der Waals surface area contributed by atoms with E-state index in [1.54, 1.807) is 0 Å². The summed E-state index contributed by atoms with van der Waals surface area (Å²) in [4.78, 5) is 0. The molecule has 0 spiro atoms. The zero-order valence-corrected chi connectivity index (χ0v) is 6.70. The molecule has 7 heavy (non-hydrogen) atoms. The summed E-state index contributed by atoms with van der Waals surface area (Å²) >= 11 is 0.0625. The van der Waals surface area contributed by atoms with Crippen LogP contribution in [0.25, 0.3) is 0 Å². The van der Waals surface area contributed by atoms with Crippen molar-refractivity contribution >= 4 is 16.1 Å². The van der Waals surface area contributed by atoms with E-state index in [2.05, 4.69) is 6.92 Å². The van der Waals surface area contributed by atoms with E-state index in [1.807, 2.05) is 0 Å². The normalized spacial score (nSPS) is 21.9. The molecule has 2 heteroatoms. The molecule has 0 aliphatic heterocycles. The van der Waals surface area contributed by atoms with Gasteiger partial charge in [0.15, 0.2) is 0 Å². The molecule has 0 heterocycles. The summed E-state index contributed by atoms with van der Waals surface area (Å²) in [6.07, 6.45) is 2.92. The van der Waals surface area contributed by atoms with Gasteiger partial charge in [-0.2, -0.15) is 0 Å². The van der Waals surface area contributed by atoms with Gasteiger partial charge in [0.1, 0.15) is 0 Å². The maximum atomic E-state index is 5.28. The first-order chi connectivity index (χ1) is 3.43. The van der Waals surface area contributed by atoms with Crippen LogP contribution in [0, 0.1) is 0 Å². The van der Waals surface area contributed by atoms with E-state index >= 15 is 0 Å². The fourth-order valence-corrected chi connectivity index (χ4v) is 2.09. The van der Waals surface area contributed by atoms with Gasteiger partial charge in [-0.1, -0.05) is 0 Å². The van der Waals surface area contributed by atoms with Crippen LogP contribution in [-0.2, 0) is 3.73 Å². The van der Waals surface area contributed by atoms with Crippen molar-refractivity contribution in [3.05, 3.63) is 0 Å². The third kappa shape index (κ3) is 2.35. The van der Waals surface area contributed by atoms with Gasteiger partial charge in [-0.15, -0.1) is 0 Å². The molecule has 0 amide bonds. The Morgan fingerprint density at radius 1 is 1.71 bits per heavy atom. The summed E-state index contributed by atoms with van der Waals surface area (Å²) in [7, 11) is 0. The van der Waals surface area contributed by atoms with Crippen LogP contribution >= 0.6 is 0 Å². The first kappa shape index (κ1) is 5.65. The Hall–Kier alpha value is 0.518. The molecule has 0 aromatic rings. The molecular formula is C5H11AsO. The summed E-state index contributed by atoms with van der Waals surface area (Å²) in [6.45, 7) is 3.02. The predicted molar refractivity (Wildman–Crippen MR) is 31.8 cm³/mol. The molecule has 0 saturated heterocycles. The van der Waals surface area contributed by atoms with Crippen molar-refractivity contribution in [3.8, 4) is 0 Å². The first-order valence-corrected chi connectivity index (χ1v) is 4.87. The SMILES string of the molecule is CCO[AsH]C1CC1. The van der Waals surface area contributed by atoms with E-state index in [1.165, 1.54) is 12.8 Å². The summed E-state index contributed by atoms with van der Waals surface area (Å²) in [5, 5.41) is 0. The van der Waals surface area contributed by atoms with Crippen LogP contribution in [0.15, 0.2) is 0 Å². The molecule has 0 aromatic carbocycles. The number of hydrogen-bond acceptors (Lipinski definition) is 1. The van der Waals surface area contributed by atoms with E-state index in [0.29, 0.717) is 0 Å². The van der Waals surface area contributed by atoms with E-state index in [4.69, 9.17) is 3.73 Å². The summed E-state index contributed by atoms with van der Waals surface area (Å²) in [6, 6.07) is 0. The zero-order valence-electron chi connectivity index (χ0n) is 4.61. The molecule has 1 saturated carbocycles. The Kier molecular flexibility index (Phi) is 2.21. The Labute approximate surface area is 51.5 Å². The van der Waals surface area contributed by atoms with Gasteiger partial charge in [0.05, 0.1) is 0 Å². The molecule has 1 atom stereocenters. The summed E-state index contributed by atoms with van der Waals surface area (Å²) < 4.78 is 6.34. The molecule has 1 nitrogen and oxygen atoms in total. The predicted octanol–water partition coefficient (Wildman–Crippen LogP) is 0.957. The molecular weight excluding hydrogens is 151 g/mol. The van der Waals surface area contributed by atoms with Crippen LogP contribution in [0.3, 0.4) is 0 Å². The Morgan fingerprint density at radius 2 is 2.43 bits per heavy atom. The Morgan fingerprint density at radius 3 is 2.86 bits per heavy atom. The van der Waals surface area contributed by atoms with Crippen molar-refractivity contribution in [2.45, 2.75) is 24.5 Å². The molecule has 0 bridgehead atoms. The van der Waals surface area contributed by atoms with E-state index in [-0.39, 0.29) is 16.1 Å². The average molecular weight is 162 g/mol. The van der Waals surface area contributed by atoms with E-state index in [9.17, 15) is 0 Å². The molecule has 1 rings (SSSR count). The first-order valence-electron chi connectivity index (χ1n) is 2.81. The van der Waals surface area contributed by atoms with Crippen molar-refractivity contribution in [3.63, 3.8) is 0 Å². The van der Waals surface area contributed by atoms with Crippen LogP contribution in [0.2, 0.25) is 4.71 Å². The van der Waals surface area contributed by atoms with Crippen LogP contribution < -0.4 is 0 Å². The van der Waals surface area contributed by atoms with Gasteiger partial charge in [-0.05, 0) is 0 Å². The summed E-state index contributed by atoms with van der Waals surface area (Å²) in [5.41, 5.74) is 0. The van der Waals surface area contributed by atoms with E-state index < -0.39 is 0 Å². The Balaban J connectivity index is 1.80. The Bertz CT molecular complexity index is 52.0. The minimum atomic E-state index is 0.0625. The average Bonchev–Trinajstić information content (AvgIpc) is 2.42. The minimum absolute atomic E-state index is 0.0625. The second-order valence-corrected chi connectivity index (χ2v) is 4.64. The van der Waals surface area contributed by atoms with Crippen molar-refractivity contribution < 1.29 is 3.73 Å². The molecule has 0 aromatic heterocycles. The number of hydrogen-bond donors (Lipinski definition) is 0. The van der Waals surface area contributed by atoms with Crippen LogP contribution in [0.1, 0.15) is 19.8 Å². The van der Waals surface area contributed by atoms with Crippen molar-refractivity contribution in [2.24, 2.45) is 0 Å². The molecule has 1 aliphatic carbocycles. The maximum absolute atomic E-state index is 5.28. The second kappa shape index (κ2) is 2.74. The third-order valence-electron chi connectivity index (χ3n) is 0.972. The van der Waals surface area contributed by atoms with Crippen molar-refractivity contribution in [1.82, 2.24) is 0 Å². The van der Waals surface area contributed by atoms with Crippen molar-refractivity contribution in [2.75, 3.05) is 6.61 Å². The quantitative estimate of drug-likeness (QED) is 0.561. The molecule has 42 valence electrons. The number of rotatable bonds is 3. The fourth-order valence-electron chi connectivity index (χ4n) is 0.402. The molecule has 0 radical (unpaired) electrons. The zero-order chi connectivity index (χ0) is 5.11. The van der Waals surface area contributed by atoms with Gasteiger partial charge < -0.3 is 0 Å². The van der Waals surface area contributed by atoms with Crippen LogP contribution in [0.4, 0.5) is 0 Å². The summed E-state index contributed by atoms with van der Waals surface area (Å²) in [5.74, 6) is 0. The van der Waals surface area contributed by atoms with Crippen molar-refractivity contribution in [1.29, 1.82) is 0 Å². The standard InChI is InChI=1S/C5H11AsO/c1-2-7-6-5-3-4-5/h5-6H,2-4H2,1H3. The molecule has 1 aliphatic rings. The van der Waals surface area contributed by atoms with Gasteiger partial charge in [0, 0.05) is 0 Å². The fraction of sp³-hybridized carbons (Fsp3) is 1.00. The van der Waals surface area contributed by atoms with Crippen LogP contribution in [-0.4, -0.2) is 22.7 Å². The van der Waals surface area contributed by atoms with Crippen LogP contribution in [0.5, 0.6) is 0 Å². The second-order valence-electron chi connectivity index (χ2n) is 1.83. The van der Waals surface area contributed by atoms with E-state index in [0.717, 1.165) is 11.3 Å².